The summed E-state index contributed by atoms with van der Waals surface area (Å²) in [5.74, 6) is 1.84. The van der Waals surface area contributed by atoms with Gasteiger partial charge in [0.1, 0.15) is 28.2 Å². The molecule has 2 unspecified atom stereocenters. The second-order valence-electron chi connectivity index (χ2n) is 15.0. The molecule has 3 heterocycles. The molecule has 0 radical (unpaired) electrons. The molecule has 5 heteroatoms. The van der Waals surface area contributed by atoms with Crippen LogP contribution in [0, 0.1) is 5.92 Å². The van der Waals surface area contributed by atoms with Gasteiger partial charge in [-0.05, 0) is 68.9 Å². The van der Waals surface area contributed by atoms with Crippen LogP contribution in [0.2, 0.25) is 0 Å². The zero-order valence-corrected chi connectivity index (χ0v) is 31.2. The molecule has 7 aromatic carbocycles. The SMILES string of the molecule is C1=CC2=C(c3cccc4oc5ccc(-c6cccc7ccccc67)cc5c34)C=CC(c3nc(-c4ccccc4)nc(-c4cccc5oc6ccccc6c45)n3)C2C=C1. The largest absolute Gasteiger partial charge is 0.456 e. The molecule has 0 amide bonds. The van der Waals surface area contributed by atoms with E-state index in [0.717, 1.165) is 77.5 Å². The molecule has 2 aliphatic carbocycles. The van der Waals surface area contributed by atoms with Crippen LogP contribution in [0.1, 0.15) is 17.3 Å². The van der Waals surface area contributed by atoms with Crippen LogP contribution in [-0.2, 0) is 0 Å². The van der Waals surface area contributed by atoms with Gasteiger partial charge in [-0.1, -0.05) is 158 Å². The van der Waals surface area contributed by atoms with Crippen LogP contribution in [0.3, 0.4) is 0 Å². The van der Waals surface area contributed by atoms with Crippen molar-refractivity contribution in [2.24, 2.45) is 5.92 Å². The van der Waals surface area contributed by atoms with Gasteiger partial charge in [0.25, 0.3) is 0 Å². The highest BCUT2D eigenvalue weighted by molar-refractivity contribution is 6.14. The van der Waals surface area contributed by atoms with Gasteiger partial charge in [0.2, 0.25) is 0 Å². The van der Waals surface area contributed by atoms with E-state index in [2.05, 4.69) is 140 Å². The first-order valence-electron chi connectivity index (χ1n) is 19.7. The lowest BCUT2D eigenvalue weighted by Gasteiger charge is -2.30. The second kappa shape index (κ2) is 13.0. The molecule has 272 valence electrons. The summed E-state index contributed by atoms with van der Waals surface area (Å²) >= 11 is 0. The van der Waals surface area contributed by atoms with E-state index in [1.165, 1.54) is 21.9 Å². The maximum Gasteiger partial charge on any atom is 0.164 e. The van der Waals surface area contributed by atoms with Gasteiger partial charge in [0.15, 0.2) is 11.6 Å². The number of benzene rings is 7. The van der Waals surface area contributed by atoms with Crippen molar-refractivity contribution in [2.75, 3.05) is 0 Å². The molecule has 5 nitrogen and oxygen atoms in total. The zero-order valence-electron chi connectivity index (χ0n) is 31.2. The minimum atomic E-state index is -0.136. The van der Waals surface area contributed by atoms with Crippen molar-refractivity contribution in [3.63, 3.8) is 0 Å². The predicted molar refractivity (Wildman–Crippen MR) is 235 cm³/mol. The average Bonchev–Trinajstić information content (AvgIpc) is 3.87. The van der Waals surface area contributed by atoms with Gasteiger partial charge in [-0.3, -0.25) is 0 Å². The van der Waals surface area contributed by atoms with Crippen LogP contribution in [-0.4, -0.2) is 15.0 Å². The number of hydrogen-bond donors (Lipinski definition) is 0. The third-order valence-corrected chi connectivity index (χ3v) is 11.7. The lowest BCUT2D eigenvalue weighted by Crippen LogP contribution is -2.20. The van der Waals surface area contributed by atoms with E-state index < -0.39 is 0 Å². The maximum absolute atomic E-state index is 6.54. The molecule has 58 heavy (non-hydrogen) atoms. The van der Waals surface area contributed by atoms with Crippen LogP contribution >= 0.6 is 0 Å². The number of nitrogens with zero attached hydrogens (tertiary/aromatic N) is 3. The standard InChI is InChI=1S/C53H33N3O2/c1-2-14-33(15-3-1)51-54-52(56-53(55-51)43-23-12-26-48-50(43)42-20-8-9-24-45(42)57-48)41-29-28-39(37-18-6-7-19-38(37)41)40-22-11-25-47-49(40)44-31-34(27-30-46(44)58-47)36-21-10-16-32-13-4-5-17-35(32)36/h1-31,38,41H. The van der Waals surface area contributed by atoms with Gasteiger partial charge in [0, 0.05) is 44.5 Å². The summed E-state index contributed by atoms with van der Waals surface area (Å²) in [5.41, 5.74) is 11.1. The van der Waals surface area contributed by atoms with Crippen molar-refractivity contribution in [1.82, 2.24) is 15.0 Å². The smallest absolute Gasteiger partial charge is 0.164 e. The van der Waals surface area contributed by atoms with E-state index in [0.29, 0.717) is 11.6 Å². The van der Waals surface area contributed by atoms with Gasteiger partial charge in [-0.25, -0.2) is 15.0 Å². The molecule has 12 rings (SSSR count). The van der Waals surface area contributed by atoms with Crippen molar-refractivity contribution in [3.8, 4) is 33.9 Å². The molecule has 0 saturated carbocycles. The molecule has 10 aromatic rings. The first-order chi connectivity index (χ1) is 28.7. The first-order valence-corrected chi connectivity index (χ1v) is 19.7. The molecule has 0 N–H and O–H groups in total. The summed E-state index contributed by atoms with van der Waals surface area (Å²) in [7, 11) is 0. The number of allylic oxidation sites excluding steroid dienone is 8. The average molecular weight is 744 g/mol. The topological polar surface area (TPSA) is 65.0 Å². The van der Waals surface area contributed by atoms with Crippen LogP contribution in [0.5, 0.6) is 0 Å². The second-order valence-corrected chi connectivity index (χ2v) is 15.0. The summed E-state index contributed by atoms with van der Waals surface area (Å²) in [4.78, 5) is 15.7. The van der Waals surface area contributed by atoms with E-state index >= 15 is 0 Å². The highest BCUT2D eigenvalue weighted by Gasteiger charge is 2.32. The number of fused-ring (bicyclic) bond motifs is 8. The highest BCUT2D eigenvalue weighted by Crippen LogP contribution is 2.46. The Kier molecular flexibility index (Phi) is 7.29. The Bertz CT molecular complexity index is 3410. The number of rotatable bonds is 5. The van der Waals surface area contributed by atoms with Crippen LogP contribution < -0.4 is 0 Å². The van der Waals surface area contributed by atoms with Gasteiger partial charge >= 0.3 is 0 Å². The molecule has 0 fully saturated rings. The minimum Gasteiger partial charge on any atom is -0.456 e. The Hall–Kier alpha value is -7.63. The van der Waals surface area contributed by atoms with Gasteiger partial charge < -0.3 is 8.83 Å². The fourth-order valence-electron chi connectivity index (χ4n) is 9.08. The third-order valence-electron chi connectivity index (χ3n) is 11.7. The molecule has 3 aromatic heterocycles. The Morgan fingerprint density at radius 1 is 0.414 bits per heavy atom. The number of para-hydroxylation sites is 1. The van der Waals surface area contributed by atoms with Crippen molar-refractivity contribution in [3.05, 3.63) is 205 Å². The van der Waals surface area contributed by atoms with E-state index in [1.807, 2.05) is 48.5 Å². The van der Waals surface area contributed by atoms with E-state index in [-0.39, 0.29) is 11.8 Å². The quantitative estimate of drug-likeness (QED) is 0.176. The number of hydrogen-bond acceptors (Lipinski definition) is 5. The van der Waals surface area contributed by atoms with Gasteiger partial charge in [-0.15, -0.1) is 0 Å². The monoisotopic (exact) mass is 743 g/mol. The molecular formula is C53H33N3O2. The summed E-state index contributed by atoms with van der Waals surface area (Å²) in [6, 6.07) is 52.5. The normalized spacial score (nSPS) is 16.3. The van der Waals surface area contributed by atoms with Crippen molar-refractivity contribution in [2.45, 2.75) is 5.92 Å². The van der Waals surface area contributed by atoms with E-state index in [4.69, 9.17) is 23.8 Å². The predicted octanol–water partition coefficient (Wildman–Crippen LogP) is 13.7. The van der Waals surface area contributed by atoms with Gasteiger partial charge in [0.05, 0.1) is 0 Å². The molecule has 2 aliphatic rings. The molecule has 2 atom stereocenters. The molecule has 0 aliphatic heterocycles. The number of furan rings is 2. The molecule has 0 bridgehead atoms. The fraction of sp³-hybridized carbons (Fsp3) is 0.0377. The molecular weight excluding hydrogens is 711 g/mol. The molecule has 0 saturated heterocycles. The first kappa shape index (κ1) is 32.6. The summed E-state index contributed by atoms with van der Waals surface area (Å²) < 4.78 is 12.8. The Labute approximate surface area is 333 Å². The third kappa shape index (κ3) is 5.14. The number of aromatic nitrogens is 3. The highest BCUT2D eigenvalue weighted by atomic mass is 16.3. The Morgan fingerprint density at radius 2 is 1.09 bits per heavy atom. The lowest BCUT2D eigenvalue weighted by atomic mass is 9.75. The van der Waals surface area contributed by atoms with Crippen LogP contribution in [0.15, 0.2) is 203 Å². The summed E-state index contributed by atoms with van der Waals surface area (Å²) in [6.07, 6.45) is 13.3. The zero-order chi connectivity index (χ0) is 38.2. The van der Waals surface area contributed by atoms with E-state index in [1.54, 1.807) is 0 Å². The maximum atomic E-state index is 6.54. The van der Waals surface area contributed by atoms with Crippen molar-refractivity contribution in [1.29, 1.82) is 0 Å². The summed E-state index contributed by atoms with van der Waals surface area (Å²) in [6.45, 7) is 0. The van der Waals surface area contributed by atoms with Crippen LogP contribution in [0.4, 0.5) is 0 Å². The molecule has 0 spiro atoms. The van der Waals surface area contributed by atoms with E-state index in [9.17, 15) is 0 Å². The Morgan fingerprint density at radius 3 is 1.97 bits per heavy atom. The summed E-state index contributed by atoms with van der Waals surface area (Å²) in [5, 5.41) is 6.71. The van der Waals surface area contributed by atoms with Gasteiger partial charge in [-0.2, -0.15) is 0 Å². The van der Waals surface area contributed by atoms with Crippen molar-refractivity contribution < 1.29 is 8.83 Å². The minimum absolute atomic E-state index is 0.00548. The Balaban J connectivity index is 1.01. The van der Waals surface area contributed by atoms with Crippen LogP contribution in [0.25, 0.3) is 94.1 Å². The lowest BCUT2D eigenvalue weighted by molar-refractivity contribution is 0.632. The fourth-order valence-corrected chi connectivity index (χ4v) is 9.08. The van der Waals surface area contributed by atoms with Crippen molar-refractivity contribution >= 4 is 60.2 Å².